The minimum Gasteiger partial charge on any atom is -0.339 e. The van der Waals surface area contributed by atoms with Gasteiger partial charge >= 0.3 is 0 Å². The van der Waals surface area contributed by atoms with E-state index in [0.717, 1.165) is 18.7 Å². The molecule has 2 atom stereocenters. The number of benzene rings is 1. The molecule has 1 heterocycles. The molecule has 4 nitrogen and oxygen atoms in total. The lowest BCUT2D eigenvalue weighted by atomic mass is 10.1. The predicted octanol–water partition coefficient (Wildman–Crippen LogP) is 3.32. The highest BCUT2D eigenvalue weighted by atomic mass is 35.5. The molecule has 1 aliphatic rings. The van der Waals surface area contributed by atoms with E-state index in [0.29, 0.717) is 17.5 Å². The number of amides is 1. The third kappa shape index (κ3) is 3.02. The first-order valence-corrected chi connectivity index (χ1v) is 7.99. The normalized spacial score (nSPS) is 20.0. The number of carbonyl (C=O) groups excluding carboxylic acids is 1. The van der Waals surface area contributed by atoms with E-state index in [1.165, 1.54) is 5.56 Å². The fraction of sp³-hybridized carbons (Fsp3) is 0.412. The van der Waals surface area contributed by atoms with Crippen molar-refractivity contribution in [3.63, 3.8) is 0 Å². The molecule has 1 amide bonds. The Bertz CT molecular complexity index is 668. The summed E-state index contributed by atoms with van der Waals surface area (Å²) in [7, 11) is 1.82. The van der Waals surface area contributed by atoms with E-state index >= 15 is 0 Å². The molecule has 1 aromatic carbocycles. The van der Waals surface area contributed by atoms with E-state index in [2.05, 4.69) is 17.2 Å². The van der Waals surface area contributed by atoms with Crippen molar-refractivity contribution in [2.45, 2.75) is 32.4 Å². The van der Waals surface area contributed by atoms with Crippen LogP contribution in [0.15, 0.2) is 36.5 Å². The minimum atomic E-state index is 0.0967. The molecular weight excluding hydrogens is 298 g/mol. The SMILES string of the molecule is CCn1cc(Cl)c(CN(C)C(=O)C2CC2c2ccccc2)n1. The van der Waals surface area contributed by atoms with Crippen LogP contribution in [-0.4, -0.2) is 27.6 Å². The van der Waals surface area contributed by atoms with Crippen LogP contribution in [0, 0.1) is 5.92 Å². The van der Waals surface area contributed by atoms with Gasteiger partial charge < -0.3 is 4.90 Å². The van der Waals surface area contributed by atoms with Crippen molar-refractivity contribution < 1.29 is 4.79 Å². The topological polar surface area (TPSA) is 38.1 Å². The largest absolute Gasteiger partial charge is 0.339 e. The smallest absolute Gasteiger partial charge is 0.226 e. The molecule has 1 saturated carbocycles. The first kappa shape index (κ1) is 15.1. The van der Waals surface area contributed by atoms with E-state index in [9.17, 15) is 4.79 Å². The second kappa shape index (κ2) is 6.13. The van der Waals surface area contributed by atoms with Gasteiger partial charge in [0, 0.05) is 25.7 Å². The number of aryl methyl sites for hydroxylation is 1. The number of rotatable bonds is 5. The average Bonchev–Trinajstić information content (AvgIpc) is 3.26. The summed E-state index contributed by atoms with van der Waals surface area (Å²) in [5.74, 6) is 0.634. The maximum Gasteiger partial charge on any atom is 0.226 e. The first-order valence-electron chi connectivity index (χ1n) is 7.62. The van der Waals surface area contributed by atoms with Gasteiger partial charge in [-0.3, -0.25) is 9.48 Å². The zero-order valence-corrected chi connectivity index (χ0v) is 13.6. The Hall–Kier alpha value is -1.81. The van der Waals surface area contributed by atoms with Crippen LogP contribution in [-0.2, 0) is 17.9 Å². The molecule has 22 heavy (non-hydrogen) atoms. The van der Waals surface area contributed by atoms with Gasteiger partial charge in [0.25, 0.3) is 0 Å². The molecule has 0 aliphatic heterocycles. The summed E-state index contributed by atoms with van der Waals surface area (Å²) in [4.78, 5) is 14.3. The van der Waals surface area contributed by atoms with E-state index in [1.807, 2.05) is 32.2 Å². The Labute approximate surface area is 135 Å². The molecule has 5 heteroatoms. The fourth-order valence-corrected chi connectivity index (χ4v) is 3.04. The Morgan fingerprint density at radius 1 is 1.41 bits per heavy atom. The Balaban J connectivity index is 1.62. The second-order valence-electron chi connectivity index (χ2n) is 5.83. The average molecular weight is 318 g/mol. The lowest BCUT2D eigenvalue weighted by molar-refractivity contribution is -0.131. The Kier molecular flexibility index (Phi) is 4.21. The van der Waals surface area contributed by atoms with E-state index in [-0.39, 0.29) is 11.8 Å². The summed E-state index contributed by atoms with van der Waals surface area (Å²) < 4.78 is 1.79. The van der Waals surface area contributed by atoms with Crippen LogP contribution in [0.4, 0.5) is 0 Å². The van der Waals surface area contributed by atoms with Gasteiger partial charge in [-0.25, -0.2) is 0 Å². The predicted molar refractivity (Wildman–Crippen MR) is 86.7 cm³/mol. The van der Waals surface area contributed by atoms with Crippen LogP contribution in [0.2, 0.25) is 5.02 Å². The lowest BCUT2D eigenvalue weighted by Gasteiger charge is -2.16. The number of nitrogens with zero attached hydrogens (tertiary/aromatic N) is 3. The van der Waals surface area contributed by atoms with Crippen LogP contribution >= 0.6 is 11.6 Å². The summed E-state index contributed by atoms with van der Waals surface area (Å²) in [6.07, 6.45) is 2.74. The van der Waals surface area contributed by atoms with Gasteiger partial charge in [-0.05, 0) is 24.8 Å². The second-order valence-corrected chi connectivity index (χ2v) is 6.24. The van der Waals surface area contributed by atoms with Crippen LogP contribution in [0.1, 0.15) is 30.5 Å². The van der Waals surface area contributed by atoms with Crippen molar-refractivity contribution in [2.24, 2.45) is 5.92 Å². The minimum absolute atomic E-state index is 0.0967. The van der Waals surface area contributed by atoms with Gasteiger partial charge in [-0.2, -0.15) is 5.10 Å². The molecule has 0 saturated heterocycles. The lowest BCUT2D eigenvalue weighted by Crippen LogP contribution is -2.28. The van der Waals surface area contributed by atoms with Gasteiger partial charge in [-0.15, -0.1) is 0 Å². The quantitative estimate of drug-likeness (QED) is 0.848. The molecule has 0 bridgehead atoms. The van der Waals surface area contributed by atoms with Crippen molar-refractivity contribution in [3.8, 4) is 0 Å². The van der Waals surface area contributed by atoms with Gasteiger partial charge in [0.2, 0.25) is 5.91 Å². The summed E-state index contributed by atoms with van der Waals surface area (Å²) in [6, 6.07) is 10.2. The first-order chi connectivity index (χ1) is 10.6. The Morgan fingerprint density at radius 2 is 2.14 bits per heavy atom. The standard InChI is InChI=1S/C17H20ClN3O/c1-3-21-10-15(18)16(19-21)11-20(2)17(22)14-9-13(14)12-7-5-4-6-8-12/h4-8,10,13-14H,3,9,11H2,1-2H3. The molecular formula is C17H20ClN3O. The van der Waals surface area contributed by atoms with Crippen LogP contribution in [0.5, 0.6) is 0 Å². The zero-order valence-electron chi connectivity index (χ0n) is 12.9. The summed E-state index contributed by atoms with van der Waals surface area (Å²) in [6.45, 7) is 3.25. The van der Waals surface area contributed by atoms with Crippen molar-refractivity contribution in [1.82, 2.24) is 14.7 Å². The van der Waals surface area contributed by atoms with Gasteiger partial charge in [0.05, 0.1) is 11.6 Å². The van der Waals surface area contributed by atoms with Crippen molar-refractivity contribution in [1.29, 1.82) is 0 Å². The molecule has 0 radical (unpaired) electrons. The molecule has 2 aromatic rings. The number of carbonyl (C=O) groups is 1. The summed E-state index contributed by atoms with van der Waals surface area (Å²) in [5, 5.41) is 5.02. The number of hydrogen-bond donors (Lipinski definition) is 0. The summed E-state index contributed by atoms with van der Waals surface area (Å²) >= 11 is 6.17. The highest BCUT2D eigenvalue weighted by Crippen LogP contribution is 2.48. The van der Waals surface area contributed by atoms with Crippen molar-refractivity contribution in [3.05, 3.63) is 52.8 Å². The molecule has 1 aliphatic carbocycles. The third-order valence-electron chi connectivity index (χ3n) is 4.21. The number of hydrogen-bond acceptors (Lipinski definition) is 2. The molecule has 0 N–H and O–H groups in total. The van der Waals surface area contributed by atoms with Crippen molar-refractivity contribution in [2.75, 3.05) is 7.05 Å². The number of halogens is 1. The highest BCUT2D eigenvalue weighted by molar-refractivity contribution is 6.31. The van der Waals surface area contributed by atoms with E-state index in [4.69, 9.17) is 11.6 Å². The number of aromatic nitrogens is 2. The molecule has 1 fully saturated rings. The van der Waals surface area contributed by atoms with Gasteiger partial charge in [0.15, 0.2) is 0 Å². The molecule has 2 unspecified atom stereocenters. The molecule has 116 valence electrons. The van der Waals surface area contributed by atoms with E-state index in [1.54, 1.807) is 15.8 Å². The zero-order chi connectivity index (χ0) is 15.7. The van der Waals surface area contributed by atoms with E-state index < -0.39 is 0 Å². The Morgan fingerprint density at radius 3 is 2.77 bits per heavy atom. The highest BCUT2D eigenvalue weighted by Gasteiger charge is 2.45. The molecule has 0 spiro atoms. The monoisotopic (exact) mass is 317 g/mol. The third-order valence-corrected chi connectivity index (χ3v) is 4.53. The maximum absolute atomic E-state index is 12.5. The van der Waals surface area contributed by atoms with Crippen molar-refractivity contribution >= 4 is 17.5 Å². The molecule has 3 rings (SSSR count). The fourth-order valence-electron chi connectivity index (χ4n) is 2.83. The van der Waals surface area contributed by atoms with Crippen LogP contribution in [0.3, 0.4) is 0 Å². The summed E-state index contributed by atoms with van der Waals surface area (Å²) in [5.41, 5.74) is 2.01. The maximum atomic E-state index is 12.5. The van der Waals surface area contributed by atoms with Gasteiger partial charge in [0.1, 0.15) is 5.69 Å². The van der Waals surface area contributed by atoms with Crippen LogP contribution in [0.25, 0.3) is 0 Å². The molecule has 1 aromatic heterocycles. The van der Waals surface area contributed by atoms with Gasteiger partial charge in [-0.1, -0.05) is 41.9 Å². The van der Waals surface area contributed by atoms with Crippen LogP contribution < -0.4 is 0 Å².